The van der Waals surface area contributed by atoms with Crippen LogP contribution in [0.4, 0.5) is 0 Å². The van der Waals surface area contributed by atoms with E-state index in [0.717, 1.165) is 89.9 Å². The van der Waals surface area contributed by atoms with E-state index in [0.29, 0.717) is 12.8 Å². The number of amides is 1. The number of rotatable bonds is 67. The third-order valence-corrected chi connectivity index (χ3v) is 20.8. The Morgan fingerprint density at radius 1 is 0.356 bits per heavy atom. The SMILES string of the molecule is CC/C=C\C/C=C\C/C=C\C/C=C\C/C=C\C/C=C\CCCCCCCCCCCCCCC(=O)NC(COC1OC(CO)C(OC2OC(CO)C(OC3OC(CO)C(O)C(O)C3O)C(O)C2O)C(O)C1O)C(O)CCCCCCCCCCCCCCCCCCCCCCCCCCCCCC. The quantitative estimate of drug-likeness (QED) is 0.0199. The lowest BCUT2D eigenvalue weighted by atomic mass is 9.96. The van der Waals surface area contributed by atoms with Gasteiger partial charge in [0.15, 0.2) is 18.9 Å². The fourth-order valence-corrected chi connectivity index (χ4v) is 14.1. The van der Waals surface area contributed by atoms with Crippen molar-refractivity contribution in [3.05, 3.63) is 72.9 Å². The number of hydrogen-bond donors (Lipinski definition) is 12. The number of aliphatic hydroxyl groups excluding tert-OH is 11. The summed E-state index contributed by atoms with van der Waals surface area (Å²) in [6.07, 6.45) is 58.4. The number of unbranched alkanes of at least 4 members (excludes halogenated alkanes) is 39. The minimum absolute atomic E-state index is 0.243. The number of carbonyl (C=O) groups excluding carboxylic acids is 1. The van der Waals surface area contributed by atoms with Crippen LogP contribution in [0.25, 0.3) is 0 Å². The normalized spacial score (nSPS) is 26.3. The van der Waals surface area contributed by atoms with Crippen molar-refractivity contribution in [2.75, 3.05) is 26.4 Å². The van der Waals surface area contributed by atoms with Crippen LogP contribution in [0.1, 0.15) is 328 Å². The molecule has 3 aliphatic rings. The molecule has 0 aromatic rings. The fraction of sp³-hybridized carbons (Fsp3) is 0.847. The molecule has 0 bridgehead atoms. The van der Waals surface area contributed by atoms with Gasteiger partial charge in [-0.2, -0.15) is 0 Å². The maximum atomic E-state index is 13.5. The summed E-state index contributed by atoms with van der Waals surface area (Å²) in [5, 5.41) is 121. The first kappa shape index (κ1) is 95.4. The highest BCUT2D eigenvalue weighted by molar-refractivity contribution is 5.76. The van der Waals surface area contributed by atoms with Gasteiger partial charge in [0.1, 0.15) is 73.2 Å². The molecule has 12 N–H and O–H groups in total. The minimum atomic E-state index is -1.98. The number of ether oxygens (including phenoxy) is 6. The second kappa shape index (κ2) is 65.0. The topological polar surface area (TPSA) is 307 Å². The van der Waals surface area contributed by atoms with Crippen LogP contribution in [-0.4, -0.2) is 193 Å². The van der Waals surface area contributed by atoms with E-state index in [1.54, 1.807) is 0 Å². The lowest BCUT2D eigenvalue weighted by Crippen LogP contribution is -2.66. The van der Waals surface area contributed by atoms with Crippen LogP contribution in [0.15, 0.2) is 72.9 Å². The number of allylic oxidation sites excluding steroid dienone is 12. The summed E-state index contributed by atoms with van der Waals surface area (Å²) in [6.45, 7) is 1.73. The maximum absolute atomic E-state index is 13.5. The number of carbonyl (C=O) groups is 1. The molecule has 19 nitrogen and oxygen atoms in total. The van der Waals surface area contributed by atoms with Gasteiger partial charge in [0.25, 0.3) is 0 Å². The van der Waals surface area contributed by atoms with E-state index < -0.39 is 124 Å². The molecule has 0 aromatic heterocycles. The van der Waals surface area contributed by atoms with Crippen molar-refractivity contribution in [3.8, 4) is 0 Å². The predicted molar refractivity (Wildman–Crippen MR) is 415 cm³/mol. The molecule has 17 unspecified atom stereocenters. The van der Waals surface area contributed by atoms with Gasteiger partial charge in [-0.15, -0.1) is 0 Å². The van der Waals surface area contributed by atoms with E-state index >= 15 is 0 Å². The van der Waals surface area contributed by atoms with E-state index in [1.807, 2.05) is 0 Å². The molecule has 17 atom stereocenters. The first-order chi connectivity index (χ1) is 50.8. The molecule has 0 saturated carbocycles. The third-order valence-electron chi connectivity index (χ3n) is 20.8. The zero-order chi connectivity index (χ0) is 75.3. The van der Waals surface area contributed by atoms with Gasteiger partial charge in [-0.3, -0.25) is 4.79 Å². The van der Waals surface area contributed by atoms with Crippen LogP contribution in [0.2, 0.25) is 0 Å². The van der Waals surface area contributed by atoms with Gasteiger partial charge < -0.3 is 89.9 Å². The first-order valence-corrected chi connectivity index (χ1v) is 42.2. The number of hydrogen-bond acceptors (Lipinski definition) is 18. The van der Waals surface area contributed by atoms with Crippen molar-refractivity contribution in [3.63, 3.8) is 0 Å². The van der Waals surface area contributed by atoms with Crippen molar-refractivity contribution in [1.29, 1.82) is 0 Å². The van der Waals surface area contributed by atoms with Crippen molar-refractivity contribution in [2.45, 2.75) is 433 Å². The van der Waals surface area contributed by atoms with E-state index in [4.69, 9.17) is 28.4 Å². The molecule has 0 aromatic carbocycles. The van der Waals surface area contributed by atoms with E-state index in [2.05, 4.69) is 92.1 Å². The van der Waals surface area contributed by atoms with Gasteiger partial charge in [0, 0.05) is 6.42 Å². The van der Waals surface area contributed by atoms with Crippen LogP contribution >= 0.6 is 0 Å². The average molecular weight is 1480 g/mol. The Labute approximate surface area is 629 Å². The van der Waals surface area contributed by atoms with E-state index in [9.17, 15) is 61.0 Å². The van der Waals surface area contributed by atoms with Crippen molar-refractivity contribution < 1.29 is 89.4 Å². The molecule has 3 heterocycles. The Hall–Kier alpha value is -2.77. The molecule has 3 aliphatic heterocycles. The van der Waals surface area contributed by atoms with E-state index in [-0.39, 0.29) is 18.9 Å². The van der Waals surface area contributed by atoms with Crippen LogP contribution < -0.4 is 5.32 Å². The van der Waals surface area contributed by atoms with Crippen molar-refractivity contribution >= 4 is 5.91 Å². The molecule has 3 fully saturated rings. The molecule has 3 rings (SSSR count). The molecule has 104 heavy (non-hydrogen) atoms. The third kappa shape index (κ3) is 44.2. The minimum Gasteiger partial charge on any atom is -0.394 e. The fourth-order valence-electron chi connectivity index (χ4n) is 14.1. The summed E-state index contributed by atoms with van der Waals surface area (Å²) < 4.78 is 34.6. The van der Waals surface area contributed by atoms with Gasteiger partial charge >= 0.3 is 0 Å². The zero-order valence-corrected chi connectivity index (χ0v) is 65.0. The molecule has 0 spiro atoms. The largest absolute Gasteiger partial charge is 0.394 e. The summed E-state index contributed by atoms with van der Waals surface area (Å²) in [6, 6.07) is -0.894. The van der Waals surface area contributed by atoms with E-state index in [1.165, 1.54) is 205 Å². The number of nitrogens with one attached hydrogen (secondary N) is 1. The Morgan fingerprint density at radius 3 is 1.04 bits per heavy atom. The van der Waals surface area contributed by atoms with Crippen LogP contribution in [0.3, 0.4) is 0 Å². The zero-order valence-electron chi connectivity index (χ0n) is 65.0. The summed E-state index contributed by atoms with van der Waals surface area (Å²) in [4.78, 5) is 13.5. The van der Waals surface area contributed by atoms with Crippen LogP contribution in [0, 0.1) is 0 Å². The van der Waals surface area contributed by atoms with Gasteiger partial charge in [0.05, 0.1) is 38.6 Å². The second-order valence-corrected chi connectivity index (χ2v) is 29.9. The van der Waals surface area contributed by atoms with Gasteiger partial charge in [-0.05, 0) is 64.2 Å². The Morgan fingerprint density at radius 2 is 0.663 bits per heavy atom. The van der Waals surface area contributed by atoms with Crippen molar-refractivity contribution in [1.82, 2.24) is 5.32 Å². The van der Waals surface area contributed by atoms with Gasteiger partial charge in [-0.1, -0.05) is 331 Å². The molecule has 1 amide bonds. The number of aliphatic hydroxyl groups is 11. The Balaban J connectivity index is 1.35. The molecule has 0 aliphatic carbocycles. The monoisotopic (exact) mass is 1480 g/mol. The standard InChI is InChI=1S/C85H153NO18/c1-3-5-7-9-11-13-15-17-19-21-23-25-27-29-31-33-34-35-37-39-41-43-45-47-49-51-53-55-57-59-61-63-73(91)86-68(69(90)62-60-58-56-54-52-50-48-46-44-42-40-38-36-32-30-28-26-24-22-20-18-16-14-12-10-8-6-4-2)67-99-83-79(97)76(94)81(71(65-88)101-83)104-85-80(98)77(95)82(72(66-89)102-85)103-84-78(96)75(93)74(92)70(64-87)100-84/h5,7,11,13,17,19,23,25,29,31,34-35,68-72,74-85,87-90,92-98H,3-4,6,8-10,12,14-16,18,20-22,24,26-28,30,32-33,36-67H2,1-2H3,(H,86,91)/b7-5-,13-11-,19-17-,25-23-,31-29-,35-34-. The predicted octanol–water partition coefficient (Wildman–Crippen LogP) is 14.8. The van der Waals surface area contributed by atoms with Gasteiger partial charge in [0.2, 0.25) is 5.91 Å². The highest BCUT2D eigenvalue weighted by Gasteiger charge is 2.54. The van der Waals surface area contributed by atoms with Crippen LogP contribution in [-0.2, 0) is 33.2 Å². The molecule has 606 valence electrons. The second-order valence-electron chi connectivity index (χ2n) is 29.9. The molecular weight excluding hydrogens is 1320 g/mol. The molecular formula is C85H153NO18. The maximum Gasteiger partial charge on any atom is 0.220 e. The highest BCUT2D eigenvalue weighted by Crippen LogP contribution is 2.33. The molecule has 3 saturated heterocycles. The lowest BCUT2D eigenvalue weighted by molar-refractivity contribution is -0.379. The van der Waals surface area contributed by atoms with Crippen LogP contribution in [0.5, 0.6) is 0 Å². The summed E-state index contributed by atoms with van der Waals surface area (Å²) in [5.41, 5.74) is 0. The first-order valence-electron chi connectivity index (χ1n) is 42.2. The molecule has 19 heteroatoms. The summed E-state index contributed by atoms with van der Waals surface area (Å²) >= 11 is 0. The Bertz CT molecular complexity index is 2160. The summed E-state index contributed by atoms with van der Waals surface area (Å²) in [5.74, 6) is -0.243. The summed E-state index contributed by atoms with van der Waals surface area (Å²) in [7, 11) is 0. The van der Waals surface area contributed by atoms with Gasteiger partial charge in [-0.25, -0.2) is 0 Å². The average Bonchev–Trinajstić information content (AvgIpc) is 0.783. The Kier molecular flexibility index (Phi) is 59.6. The smallest absolute Gasteiger partial charge is 0.220 e. The van der Waals surface area contributed by atoms with Crippen molar-refractivity contribution in [2.24, 2.45) is 0 Å². The lowest BCUT2D eigenvalue weighted by Gasteiger charge is -2.48. The highest BCUT2D eigenvalue weighted by atomic mass is 16.8. The molecule has 0 radical (unpaired) electrons.